The number of carbonyl (C=O) groups excluding carboxylic acids is 4. The topological polar surface area (TPSA) is 145 Å². The number of nitrogens with one attached hydrogen (secondary N) is 2. The Morgan fingerprint density at radius 3 is 2.43 bits per heavy atom. The van der Waals surface area contributed by atoms with Crippen LogP contribution in [0.25, 0.3) is 10.9 Å². The van der Waals surface area contributed by atoms with E-state index in [1.807, 2.05) is 86.6 Å². The molecule has 51 heavy (non-hydrogen) atoms. The molecule has 5 aromatic rings. The van der Waals surface area contributed by atoms with Crippen LogP contribution in [0, 0.1) is 11.8 Å². The average Bonchev–Trinajstić information content (AvgIpc) is 3.81. The molecule has 0 radical (unpaired) electrons. The molecule has 4 N–H and O–H groups in total. The molecule has 0 aliphatic carbocycles. The van der Waals surface area contributed by atoms with E-state index in [9.17, 15) is 19.2 Å². The Bertz CT molecular complexity index is 2240. The highest BCUT2D eigenvalue weighted by atomic mass is 16.6. The molecule has 4 heterocycles. The number of para-hydroxylation sites is 2. The molecule has 0 saturated carbocycles. The first-order chi connectivity index (χ1) is 24.7. The monoisotopic (exact) mass is 683 g/mol. The molecule has 1 aromatic heterocycles. The molecule has 8 rings (SSSR count). The number of hydrogen-bond acceptors (Lipinski definition) is 7. The Morgan fingerprint density at radius 1 is 0.941 bits per heavy atom. The quantitative estimate of drug-likeness (QED) is 0.136. The number of primary amides is 1. The molecule has 11 nitrogen and oxygen atoms in total. The highest BCUT2D eigenvalue weighted by Gasteiger charge is 2.53. The number of aromatic nitrogens is 1. The molecular weight excluding hydrogens is 646 g/mol. The van der Waals surface area contributed by atoms with E-state index in [4.69, 9.17) is 15.2 Å². The number of hydrogen-bond donors (Lipinski definition) is 3. The Morgan fingerprint density at radius 2 is 1.67 bits per heavy atom. The molecule has 0 bridgehead atoms. The fraction of sp³-hybridized carbons (Fsp3) is 0.250. The Labute approximate surface area is 294 Å². The summed E-state index contributed by atoms with van der Waals surface area (Å²) in [6.07, 6.45) is 0.998. The summed E-state index contributed by atoms with van der Waals surface area (Å²) in [4.78, 5) is 53.7. The summed E-state index contributed by atoms with van der Waals surface area (Å²) in [5, 5.41) is 5.37. The van der Waals surface area contributed by atoms with E-state index in [1.54, 1.807) is 33.8 Å². The molecule has 1 spiro atoms. The maximum atomic E-state index is 14.6. The first-order valence-electron chi connectivity index (χ1n) is 17.2. The third-order valence-electron chi connectivity index (χ3n) is 10.0. The van der Waals surface area contributed by atoms with Crippen LogP contribution in [0.15, 0.2) is 97.1 Å². The van der Waals surface area contributed by atoms with Crippen LogP contribution >= 0.6 is 0 Å². The van der Waals surface area contributed by atoms with Gasteiger partial charge in [0.2, 0.25) is 5.91 Å². The van der Waals surface area contributed by atoms with Crippen LogP contribution in [-0.4, -0.2) is 41.3 Å². The smallest absolute Gasteiger partial charge is 0.340 e. The van der Waals surface area contributed by atoms with Crippen LogP contribution in [0.2, 0.25) is 0 Å². The van der Waals surface area contributed by atoms with E-state index in [1.165, 1.54) is 0 Å². The number of esters is 1. The van der Waals surface area contributed by atoms with Crippen molar-refractivity contribution in [3.8, 4) is 11.5 Å². The van der Waals surface area contributed by atoms with E-state index in [-0.39, 0.29) is 30.0 Å². The third kappa shape index (κ3) is 5.27. The predicted molar refractivity (Wildman–Crippen MR) is 190 cm³/mol. The fourth-order valence-corrected chi connectivity index (χ4v) is 7.72. The molecule has 4 aromatic carbocycles. The molecule has 11 heteroatoms. The van der Waals surface area contributed by atoms with Crippen LogP contribution in [0.1, 0.15) is 70.3 Å². The lowest BCUT2D eigenvalue weighted by Crippen LogP contribution is -2.49. The van der Waals surface area contributed by atoms with Crippen LogP contribution in [0.5, 0.6) is 11.5 Å². The lowest BCUT2D eigenvalue weighted by atomic mass is 9.77. The van der Waals surface area contributed by atoms with Gasteiger partial charge in [-0.05, 0) is 61.2 Å². The molecular formula is C40H37N5O6. The summed E-state index contributed by atoms with van der Waals surface area (Å²) < 4.78 is 14.4. The van der Waals surface area contributed by atoms with Gasteiger partial charge in [-0.3, -0.25) is 24.8 Å². The number of carbonyl (C=O) groups is 4. The van der Waals surface area contributed by atoms with Crippen molar-refractivity contribution in [1.82, 2.24) is 15.3 Å². The second-order valence-corrected chi connectivity index (χ2v) is 13.7. The number of hydrazine groups is 1. The highest BCUT2D eigenvalue weighted by molar-refractivity contribution is 6.00. The van der Waals surface area contributed by atoms with Crippen molar-refractivity contribution in [2.75, 3.05) is 18.1 Å². The third-order valence-corrected chi connectivity index (χ3v) is 10.0. The summed E-state index contributed by atoms with van der Waals surface area (Å²) in [6.45, 7) is 4.72. The van der Waals surface area contributed by atoms with Gasteiger partial charge < -0.3 is 25.1 Å². The van der Waals surface area contributed by atoms with E-state index in [0.29, 0.717) is 64.3 Å². The van der Waals surface area contributed by atoms with Crippen molar-refractivity contribution in [2.45, 2.75) is 38.3 Å². The summed E-state index contributed by atoms with van der Waals surface area (Å²) in [5.41, 5.74) is 11.6. The number of rotatable bonds is 9. The minimum absolute atomic E-state index is 0.0784. The first-order valence-corrected chi connectivity index (χ1v) is 17.2. The zero-order chi connectivity index (χ0) is 35.4. The van der Waals surface area contributed by atoms with Gasteiger partial charge in [-0.1, -0.05) is 68.4 Å². The molecule has 3 atom stereocenters. The van der Waals surface area contributed by atoms with Gasteiger partial charge in [0.05, 0.1) is 23.7 Å². The number of nitrogens with zero attached hydrogens (tertiary/aromatic N) is 2. The van der Waals surface area contributed by atoms with Crippen LogP contribution in [0.4, 0.5) is 5.69 Å². The Balaban J connectivity index is 1.25. The summed E-state index contributed by atoms with van der Waals surface area (Å²) in [5.74, 6) is -0.844. The fourth-order valence-electron chi connectivity index (χ4n) is 7.72. The van der Waals surface area contributed by atoms with Crippen molar-refractivity contribution in [3.63, 3.8) is 0 Å². The van der Waals surface area contributed by atoms with Gasteiger partial charge in [0.15, 0.2) is 5.60 Å². The normalized spacial score (nSPS) is 19.2. The SMILES string of the molecule is CC(C)C[C@@H](C(=O)NN(C[C@H]1CCNC1=O)c1ccc2c(c1)[C@@]1(OC(=O)c3ccccc31)c1ccccc1O2)n1c(C(N)=O)cc2ccccc21. The van der Waals surface area contributed by atoms with E-state index in [2.05, 4.69) is 10.7 Å². The van der Waals surface area contributed by atoms with Gasteiger partial charge in [-0.25, -0.2) is 4.79 Å². The molecule has 3 aliphatic rings. The summed E-state index contributed by atoms with van der Waals surface area (Å²) in [7, 11) is 0. The Hall–Kier alpha value is -6.10. The van der Waals surface area contributed by atoms with Crippen molar-refractivity contribution >= 4 is 40.3 Å². The zero-order valence-corrected chi connectivity index (χ0v) is 28.2. The molecule has 1 fully saturated rings. The van der Waals surface area contributed by atoms with Gasteiger partial charge in [0, 0.05) is 34.1 Å². The predicted octanol–water partition coefficient (Wildman–Crippen LogP) is 5.57. The second-order valence-electron chi connectivity index (χ2n) is 13.7. The van der Waals surface area contributed by atoms with Crippen LogP contribution in [-0.2, 0) is 19.9 Å². The molecule has 3 aliphatic heterocycles. The maximum Gasteiger partial charge on any atom is 0.340 e. The van der Waals surface area contributed by atoms with Gasteiger partial charge in [-0.15, -0.1) is 0 Å². The molecule has 0 unspecified atom stereocenters. The number of benzene rings is 4. The standard InChI is InChI=1S/C40H37N5O6/c1-23(2)19-33(45-31-13-7-3-9-24(31)20-32(45)36(41)46)38(48)43-44(22-25-17-18-42-37(25)47)26-15-16-35-30(21-26)40(29-12-6-8-14-34(29)50-35)28-11-5-4-10-27(28)39(49)51-40/h3-16,20-21,23,25,33H,17-19,22H2,1-2H3,(H2,41,46)(H,42,47)(H,43,48)/t25-,33+,40+/m1/s1. The van der Waals surface area contributed by atoms with Gasteiger partial charge >= 0.3 is 5.97 Å². The number of nitrogens with two attached hydrogens (primary N) is 1. The van der Waals surface area contributed by atoms with Gasteiger partial charge in [0.1, 0.15) is 23.2 Å². The van der Waals surface area contributed by atoms with Crippen LogP contribution < -0.4 is 26.2 Å². The molecule has 3 amide bonds. The second kappa shape index (κ2) is 12.3. The van der Waals surface area contributed by atoms with Gasteiger partial charge in [-0.2, -0.15) is 0 Å². The van der Waals surface area contributed by atoms with Crippen molar-refractivity contribution in [1.29, 1.82) is 0 Å². The minimum atomic E-state index is -1.31. The first kappa shape index (κ1) is 32.1. The maximum absolute atomic E-state index is 14.6. The molecule has 258 valence electrons. The summed E-state index contributed by atoms with van der Waals surface area (Å²) >= 11 is 0. The van der Waals surface area contributed by atoms with Gasteiger partial charge in [0.25, 0.3) is 11.8 Å². The minimum Gasteiger partial charge on any atom is -0.456 e. The largest absolute Gasteiger partial charge is 0.456 e. The number of anilines is 1. The highest BCUT2D eigenvalue weighted by Crippen LogP contribution is 2.56. The number of fused-ring (bicyclic) bond motifs is 7. The van der Waals surface area contributed by atoms with Crippen molar-refractivity contribution in [2.24, 2.45) is 17.6 Å². The summed E-state index contributed by atoms with van der Waals surface area (Å²) in [6, 6.07) is 28.6. The van der Waals surface area contributed by atoms with Crippen LogP contribution in [0.3, 0.4) is 0 Å². The van der Waals surface area contributed by atoms with E-state index < -0.39 is 29.4 Å². The Kier molecular flexibility index (Phi) is 7.78. The molecule has 1 saturated heterocycles. The lowest BCUT2D eigenvalue weighted by molar-refractivity contribution is -0.126. The zero-order valence-electron chi connectivity index (χ0n) is 28.2. The van der Waals surface area contributed by atoms with E-state index in [0.717, 1.165) is 5.39 Å². The van der Waals surface area contributed by atoms with Crippen molar-refractivity contribution < 1.29 is 28.7 Å². The van der Waals surface area contributed by atoms with Crippen molar-refractivity contribution in [3.05, 3.63) is 125 Å². The lowest BCUT2D eigenvalue weighted by Gasteiger charge is -2.37. The number of amides is 3. The number of ether oxygens (including phenoxy) is 2. The average molecular weight is 684 g/mol. The van der Waals surface area contributed by atoms with E-state index >= 15 is 0 Å².